The van der Waals surface area contributed by atoms with Crippen LogP contribution in [0.4, 0.5) is 5.69 Å². The monoisotopic (exact) mass is 378 g/mol. The van der Waals surface area contributed by atoms with E-state index in [0.29, 0.717) is 30.0 Å². The fraction of sp³-hybridized carbons (Fsp3) is 0.318. The molecule has 1 aromatic heterocycles. The first-order chi connectivity index (χ1) is 13.6. The Hall–Kier alpha value is -3.15. The number of aromatic nitrogens is 1. The molecule has 6 nitrogen and oxygen atoms in total. The molecule has 1 aliphatic carbocycles. The molecule has 0 N–H and O–H groups in total. The number of anilines is 1. The largest absolute Gasteiger partial charge is 0.497 e. The summed E-state index contributed by atoms with van der Waals surface area (Å²) in [5.74, 6) is 1.03. The van der Waals surface area contributed by atoms with Crippen molar-refractivity contribution in [3.63, 3.8) is 0 Å². The van der Waals surface area contributed by atoms with Gasteiger partial charge in [-0.05, 0) is 42.7 Å². The Morgan fingerprint density at radius 3 is 2.54 bits per heavy atom. The van der Waals surface area contributed by atoms with Gasteiger partial charge in [0, 0.05) is 48.5 Å². The van der Waals surface area contributed by atoms with Gasteiger partial charge in [0.15, 0.2) is 5.78 Å². The lowest BCUT2D eigenvalue weighted by molar-refractivity contribution is -0.119. The van der Waals surface area contributed by atoms with Crippen LogP contribution in [-0.4, -0.2) is 30.9 Å². The second kappa shape index (κ2) is 7.46. The quantitative estimate of drug-likeness (QED) is 0.813. The summed E-state index contributed by atoms with van der Waals surface area (Å²) in [7, 11) is 3.15. The van der Waals surface area contributed by atoms with E-state index in [-0.39, 0.29) is 24.0 Å². The van der Waals surface area contributed by atoms with Crippen LogP contribution < -0.4 is 14.4 Å². The zero-order valence-corrected chi connectivity index (χ0v) is 16.0. The molecule has 0 fully saturated rings. The lowest BCUT2D eigenvalue weighted by Crippen LogP contribution is -2.40. The summed E-state index contributed by atoms with van der Waals surface area (Å²) in [5, 5.41) is 0. The molecule has 2 heterocycles. The van der Waals surface area contributed by atoms with Crippen LogP contribution in [0.15, 0.2) is 54.0 Å². The number of hydrogen-bond acceptors (Lipinski definition) is 5. The van der Waals surface area contributed by atoms with Crippen molar-refractivity contribution < 1.29 is 19.1 Å². The van der Waals surface area contributed by atoms with Gasteiger partial charge in [-0.25, -0.2) is 0 Å². The minimum absolute atomic E-state index is 0.0539. The zero-order valence-electron chi connectivity index (χ0n) is 16.0. The van der Waals surface area contributed by atoms with E-state index in [9.17, 15) is 9.59 Å². The van der Waals surface area contributed by atoms with E-state index in [1.165, 1.54) is 0 Å². The summed E-state index contributed by atoms with van der Waals surface area (Å²) in [4.78, 5) is 31.9. The number of benzene rings is 1. The number of ether oxygens (including phenoxy) is 2. The third-order valence-corrected chi connectivity index (χ3v) is 5.41. The minimum atomic E-state index is -0.230. The minimum Gasteiger partial charge on any atom is -0.497 e. The normalized spacial score (nSPS) is 19.5. The lowest BCUT2D eigenvalue weighted by Gasteiger charge is -2.38. The second-order valence-electron chi connectivity index (χ2n) is 6.94. The van der Waals surface area contributed by atoms with Crippen molar-refractivity contribution in [1.29, 1.82) is 0 Å². The molecule has 0 saturated heterocycles. The lowest BCUT2D eigenvalue weighted by atomic mass is 9.77. The first-order valence-corrected chi connectivity index (χ1v) is 9.35. The predicted molar refractivity (Wildman–Crippen MR) is 105 cm³/mol. The summed E-state index contributed by atoms with van der Waals surface area (Å²) < 4.78 is 10.8. The fourth-order valence-electron chi connectivity index (χ4n) is 4.12. The van der Waals surface area contributed by atoms with Gasteiger partial charge in [-0.1, -0.05) is 0 Å². The van der Waals surface area contributed by atoms with Crippen LogP contribution in [-0.2, 0) is 9.59 Å². The van der Waals surface area contributed by atoms with Crippen LogP contribution >= 0.6 is 0 Å². The van der Waals surface area contributed by atoms with Crippen LogP contribution in [0, 0.1) is 0 Å². The molecule has 0 saturated carbocycles. The average Bonchev–Trinajstić information content (AvgIpc) is 2.73. The smallest absolute Gasteiger partial charge is 0.232 e. The number of rotatable bonds is 4. The number of nitrogens with zero attached hydrogens (tertiary/aromatic N) is 2. The molecule has 1 aliphatic heterocycles. The van der Waals surface area contributed by atoms with E-state index in [4.69, 9.17) is 9.47 Å². The number of pyridine rings is 1. The van der Waals surface area contributed by atoms with Crippen molar-refractivity contribution in [2.75, 3.05) is 19.1 Å². The van der Waals surface area contributed by atoms with Crippen molar-refractivity contribution in [3.8, 4) is 11.5 Å². The second-order valence-corrected chi connectivity index (χ2v) is 6.94. The Kier molecular flexibility index (Phi) is 4.86. The summed E-state index contributed by atoms with van der Waals surface area (Å²) in [6.07, 6.45) is 5.55. The average molecular weight is 378 g/mol. The predicted octanol–water partition coefficient (Wildman–Crippen LogP) is 3.63. The van der Waals surface area contributed by atoms with Crippen molar-refractivity contribution in [3.05, 3.63) is 59.6 Å². The molecule has 1 atom stereocenters. The Balaban J connectivity index is 1.89. The van der Waals surface area contributed by atoms with Gasteiger partial charge in [-0.3, -0.25) is 19.5 Å². The maximum absolute atomic E-state index is 13.3. The SMILES string of the molecule is COc1ccc(OC)c(N2C(=O)CC(c3ccncc3)C3=C2CCCC3=O)c1. The number of hydrogen-bond donors (Lipinski definition) is 0. The highest BCUT2D eigenvalue weighted by molar-refractivity contribution is 6.08. The van der Waals surface area contributed by atoms with E-state index >= 15 is 0 Å². The molecule has 6 heteroatoms. The molecule has 0 bridgehead atoms. The maximum atomic E-state index is 13.3. The van der Waals surface area contributed by atoms with Crippen LogP contribution in [0.3, 0.4) is 0 Å². The van der Waals surface area contributed by atoms with Gasteiger partial charge in [-0.2, -0.15) is 0 Å². The van der Waals surface area contributed by atoms with Crippen molar-refractivity contribution in [1.82, 2.24) is 4.98 Å². The topological polar surface area (TPSA) is 68.7 Å². The summed E-state index contributed by atoms with van der Waals surface area (Å²) >= 11 is 0. The Morgan fingerprint density at radius 2 is 1.82 bits per heavy atom. The maximum Gasteiger partial charge on any atom is 0.232 e. The van der Waals surface area contributed by atoms with Crippen molar-refractivity contribution in [2.45, 2.75) is 31.6 Å². The van der Waals surface area contributed by atoms with E-state index in [1.807, 2.05) is 12.1 Å². The van der Waals surface area contributed by atoms with Gasteiger partial charge in [0.25, 0.3) is 0 Å². The number of allylic oxidation sites excluding steroid dienone is 2. The van der Waals surface area contributed by atoms with Crippen molar-refractivity contribution in [2.24, 2.45) is 0 Å². The molecule has 1 aromatic carbocycles. The summed E-state index contributed by atoms with van der Waals surface area (Å²) in [6.45, 7) is 0. The van der Waals surface area contributed by atoms with Gasteiger partial charge >= 0.3 is 0 Å². The van der Waals surface area contributed by atoms with Crippen LogP contribution in [0.5, 0.6) is 11.5 Å². The van der Waals surface area contributed by atoms with Crippen molar-refractivity contribution >= 4 is 17.4 Å². The Bertz CT molecular complexity index is 952. The number of amides is 1. The van der Waals surface area contributed by atoms with Gasteiger partial charge < -0.3 is 9.47 Å². The van der Waals surface area contributed by atoms with Gasteiger partial charge in [-0.15, -0.1) is 0 Å². The third-order valence-electron chi connectivity index (χ3n) is 5.41. The van der Waals surface area contributed by atoms with Crippen LogP contribution in [0.2, 0.25) is 0 Å². The van der Waals surface area contributed by atoms with E-state index in [2.05, 4.69) is 4.98 Å². The van der Waals surface area contributed by atoms with Crippen LogP contribution in [0.1, 0.15) is 37.2 Å². The Labute approximate surface area is 163 Å². The molecule has 28 heavy (non-hydrogen) atoms. The molecule has 0 spiro atoms. The number of ketones is 1. The highest BCUT2D eigenvalue weighted by Crippen LogP contribution is 2.45. The molecule has 4 rings (SSSR count). The van der Waals surface area contributed by atoms with Gasteiger partial charge in [0.1, 0.15) is 11.5 Å². The number of methoxy groups -OCH3 is 2. The fourth-order valence-corrected chi connectivity index (χ4v) is 4.12. The van der Waals surface area contributed by atoms with Crippen LogP contribution in [0.25, 0.3) is 0 Å². The first-order valence-electron chi connectivity index (χ1n) is 9.35. The molecule has 1 unspecified atom stereocenters. The highest BCUT2D eigenvalue weighted by atomic mass is 16.5. The van der Waals surface area contributed by atoms with Gasteiger partial charge in [0.05, 0.1) is 19.9 Å². The number of carbonyl (C=O) groups is 2. The summed E-state index contributed by atoms with van der Waals surface area (Å²) in [6, 6.07) is 9.12. The third kappa shape index (κ3) is 3.05. The number of Topliss-reactive ketones (excluding diaryl/α,β-unsaturated/α-hetero) is 1. The molecule has 2 aromatic rings. The number of carbonyl (C=O) groups excluding carboxylic acids is 2. The first kappa shape index (κ1) is 18.2. The molecule has 2 aliphatic rings. The summed E-state index contributed by atoms with van der Waals surface area (Å²) in [5.41, 5.74) is 3.08. The standard InChI is InChI=1S/C22H22N2O4/c1-27-15-6-7-20(28-2)18(12-15)24-17-4-3-5-19(25)22(17)16(13-21(24)26)14-8-10-23-11-9-14/h6-12,16H,3-5,13H2,1-2H3. The molecule has 0 radical (unpaired) electrons. The zero-order chi connectivity index (χ0) is 19.7. The molecule has 1 amide bonds. The van der Waals surface area contributed by atoms with E-state index in [0.717, 1.165) is 23.3 Å². The molecular formula is C22H22N2O4. The molecule has 144 valence electrons. The van der Waals surface area contributed by atoms with Gasteiger partial charge in [0.2, 0.25) is 5.91 Å². The molecular weight excluding hydrogens is 356 g/mol. The highest BCUT2D eigenvalue weighted by Gasteiger charge is 2.40. The van der Waals surface area contributed by atoms with E-state index in [1.54, 1.807) is 49.7 Å². The van der Waals surface area contributed by atoms with E-state index < -0.39 is 0 Å². The Morgan fingerprint density at radius 1 is 1.04 bits per heavy atom.